The molecule has 2 atom stereocenters. The maximum absolute atomic E-state index is 12.0. The van der Waals surface area contributed by atoms with Crippen LogP contribution in [0.2, 0.25) is 0 Å². The number of anilines is 2. The molecule has 0 radical (unpaired) electrons. The first-order valence-electron chi connectivity index (χ1n) is 10.8. The lowest BCUT2D eigenvalue weighted by molar-refractivity contribution is -0.384. The minimum Gasteiger partial charge on any atom is -0.368 e. The first kappa shape index (κ1) is 20.3. The Kier molecular flexibility index (Phi) is 5.96. The largest absolute Gasteiger partial charge is 0.368 e. The van der Waals surface area contributed by atoms with Gasteiger partial charge >= 0.3 is 0 Å². The average molecular weight is 412 g/mol. The number of rotatable bonds is 5. The van der Waals surface area contributed by atoms with Gasteiger partial charge in [-0.2, -0.15) is 5.10 Å². The van der Waals surface area contributed by atoms with Crippen LogP contribution in [0.5, 0.6) is 0 Å². The number of nitro benzene ring substituents is 1. The fourth-order valence-corrected chi connectivity index (χ4v) is 4.61. The summed E-state index contributed by atoms with van der Waals surface area (Å²) in [5.41, 5.74) is 2.62. The molecule has 0 unspecified atom stereocenters. The zero-order valence-electron chi connectivity index (χ0n) is 17.6. The van der Waals surface area contributed by atoms with Crippen LogP contribution in [0.25, 0.3) is 0 Å². The van der Waals surface area contributed by atoms with Gasteiger partial charge in [-0.15, -0.1) is 10.2 Å². The van der Waals surface area contributed by atoms with Crippen LogP contribution in [0.15, 0.2) is 29.9 Å². The molecule has 0 bridgehead atoms. The van der Waals surface area contributed by atoms with E-state index in [4.69, 9.17) is 0 Å². The van der Waals surface area contributed by atoms with Gasteiger partial charge in [0.1, 0.15) is 18.3 Å². The molecule has 2 aliphatic rings. The van der Waals surface area contributed by atoms with Crippen molar-refractivity contribution >= 4 is 23.3 Å². The summed E-state index contributed by atoms with van der Waals surface area (Å²) in [4.78, 5) is 16.3. The van der Waals surface area contributed by atoms with Crippen LogP contribution in [0.1, 0.15) is 57.9 Å². The lowest BCUT2D eigenvalue weighted by Gasteiger charge is -2.39. The van der Waals surface area contributed by atoms with Crippen LogP contribution in [-0.2, 0) is 0 Å². The van der Waals surface area contributed by atoms with E-state index < -0.39 is 0 Å². The third-order valence-electron chi connectivity index (χ3n) is 6.28. The lowest BCUT2D eigenvalue weighted by Crippen LogP contribution is -2.40. The van der Waals surface area contributed by atoms with Crippen molar-refractivity contribution in [3.05, 3.63) is 40.5 Å². The van der Waals surface area contributed by atoms with Crippen LogP contribution in [0, 0.1) is 10.1 Å². The van der Waals surface area contributed by atoms with Crippen LogP contribution in [-0.4, -0.2) is 51.2 Å². The molecule has 30 heavy (non-hydrogen) atoms. The standard InChI is InChI=1S/C21H29N7O2/c1-16-7-3-5-9-26(16)19-12-20(27-10-6-4-8-17(27)2)21(28(29)30)11-18(19)13-24-25-14-22-23-15-25/h11-17H,3-10H2,1-2H3/b24-13-/t16-,17-/m1/s1. The van der Waals surface area contributed by atoms with E-state index in [1.54, 1.807) is 12.3 Å². The van der Waals surface area contributed by atoms with E-state index in [-0.39, 0.29) is 10.6 Å². The maximum atomic E-state index is 12.0. The summed E-state index contributed by atoms with van der Waals surface area (Å²) in [5.74, 6) is 0. The number of nitro groups is 1. The Labute approximate surface area is 176 Å². The summed E-state index contributed by atoms with van der Waals surface area (Å²) in [6.07, 6.45) is 11.4. The average Bonchev–Trinajstić information content (AvgIpc) is 3.26. The second-order valence-electron chi connectivity index (χ2n) is 8.32. The Morgan fingerprint density at radius 2 is 1.60 bits per heavy atom. The van der Waals surface area contributed by atoms with Gasteiger partial charge < -0.3 is 9.80 Å². The second kappa shape index (κ2) is 8.81. The Balaban J connectivity index is 1.82. The highest BCUT2D eigenvalue weighted by Gasteiger charge is 2.30. The summed E-state index contributed by atoms with van der Waals surface area (Å²) in [6.45, 7) is 6.19. The van der Waals surface area contributed by atoms with Gasteiger partial charge in [-0.1, -0.05) is 0 Å². The predicted octanol–water partition coefficient (Wildman–Crippen LogP) is 3.83. The van der Waals surface area contributed by atoms with Crippen LogP contribution in [0.4, 0.5) is 17.1 Å². The van der Waals surface area contributed by atoms with E-state index in [1.807, 2.05) is 6.07 Å². The van der Waals surface area contributed by atoms with E-state index >= 15 is 0 Å². The molecule has 0 amide bonds. The lowest BCUT2D eigenvalue weighted by atomic mass is 9.98. The molecule has 0 saturated carbocycles. The molecule has 160 valence electrons. The fourth-order valence-electron chi connectivity index (χ4n) is 4.61. The molecular formula is C21H29N7O2. The van der Waals surface area contributed by atoms with Crippen LogP contribution < -0.4 is 9.80 Å². The molecule has 4 rings (SSSR count). The zero-order chi connectivity index (χ0) is 21.1. The molecule has 2 aromatic rings. The first-order chi connectivity index (χ1) is 14.5. The van der Waals surface area contributed by atoms with Crippen LogP contribution >= 0.6 is 0 Å². The minimum absolute atomic E-state index is 0.141. The number of benzene rings is 1. The van der Waals surface area contributed by atoms with E-state index in [9.17, 15) is 10.1 Å². The van der Waals surface area contributed by atoms with Gasteiger partial charge in [0, 0.05) is 42.5 Å². The number of nitrogens with zero attached hydrogens (tertiary/aromatic N) is 7. The quantitative estimate of drug-likeness (QED) is 0.422. The second-order valence-corrected chi connectivity index (χ2v) is 8.32. The number of piperidine rings is 2. The monoisotopic (exact) mass is 411 g/mol. The summed E-state index contributed by atoms with van der Waals surface area (Å²) in [5, 5.41) is 23.9. The van der Waals surface area contributed by atoms with Gasteiger partial charge in [-0.3, -0.25) is 10.1 Å². The SMILES string of the molecule is C[C@@H]1CCCCN1c1cc(N2CCCC[C@H]2C)c([N+](=O)[O-])cc1/C=N\n1cnnc1. The normalized spacial score (nSPS) is 22.6. The molecular weight excluding hydrogens is 382 g/mol. The molecule has 0 aliphatic carbocycles. The van der Waals surface area contributed by atoms with Crippen molar-refractivity contribution in [3.8, 4) is 0 Å². The van der Waals surface area contributed by atoms with Gasteiger partial charge in [0.2, 0.25) is 0 Å². The highest BCUT2D eigenvalue weighted by molar-refractivity contribution is 5.92. The summed E-state index contributed by atoms with van der Waals surface area (Å²) < 4.78 is 1.50. The number of aromatic nitrogens is 3. The molecule has 2 aliphatic heterocycles. The van der Waals surface area contributed by atoms with Crippen molar-refractivity contribution in [2.75, 3.05) is 22.9 Å². The smallest absolute Gasteiger partial charge is 0.293 e. The summed E-state index contributed by atoms with van der Waals surface area (Å²) in [6, 6.07) is 4.38. The molecule has 9 nitrogen and oxygen atoms in total. The van der Waals surface area contributed by atoms with Crippen molar-refractivity contribution in [2.45, 2.75) is 64.5 Å². The van der Waals surface area contributed by atoms with E-state index in [1.165, 1.54) is 30.2 Å². The predicted molar refractivity (Wildman–Crippen MR) is 117 cm³/mol. The van der Waals surface area contributed by atoms with E-state index in [2.05, 4.69) is 38.9 Å². The molecule has 9 heteroatoms. The molecule has 0 spiro atoms. The molecule has 2 saturated heterocycles. The maximum Gasteiger partial charge on any atom is 0.293 e. The molecule has 1 aromatic heterocycles. The highest BCUT2D eigenvalue weighted by atomic mass is 16.6. The zero-order valence-corrected chi connectivity index (χ0v) is 17.6. The third-order valence-corrected chi connectivity index (χ3v) is 6.28. The van der Waals surface area contributed by atoms with Crippen molar-refractivity contribution in [3.63, 3.8) is 0 Å². The third kappa shape index (κ3) is 4.15. The van der Waals surface area contributed by atoms with Crippen molar-refractivity contribution in [1.29, 1.82) is 0 Å². The molecule has 2 fully saturated rings. The van der Waals surface area contributed by atoms with E-state index in [0.29, 0.717) is 12.1 Å². The van der Waals surface area contributed by atoms with Crippen LogP contribution in [0.3, 0.4) is 0 Å². The Bertz CT molecular complexity index is 912. The van der Waals surface area contributed by atoms with Crippen molar-refractivity contribution in [2.24, 2.45) is 5.10 Å². The minimum atomic E-state index is -0.268. The number of hydrogen-bond donors (Lipinski definition) is 0. The van der Waals surface area contributed by atoms with Gasteiger partial charge in [-0.25, -0.2) is 4.68 Å². The molecule has 1 aromatic carbocycles. The van der Waals surface area contributed by atoms with Crippen molar-refractivity contribution < 1.29 is 4.92 Å². The fraction of sp³-hybridized carbons (Fsp3) is 0.571. The van der Waals surface area contributed by atoms with Gasteiger partial charge in [0.25, 0.3) is 5.69 Å². The molecule has 3 heterocycles. The number of hydrogen-bond acceptors (Lipinski definition) is 7. The first-order valence-corrected chi connectivity index (χ1v) is 10.8. The summed E-state index contributed by atoms with van der Waals surface area (Å²) in [7, 11) is 0. The van der Waals surface area contributed by atoms with Gasteiger partial charge in [0.05, 0.1) is 11.1 Å². The topological polar surface area (TPSA) is 92.7 Å². The Hall–Kier alpha value is -2.97. The Morgan fingerprint density at radius 3 is 2.17 bits per heavy atom. The van der Waals surface area contributed by atoms with E-state index in [0.717, 1.165) is 55.7 Å². The van der Waals surface area contributed by atoms with Gasteiger partial charge in [0.15, 0.2) is 0 Å². The summed E-state index contributed by atoms with van der Waals surface area (Å²) >= 11 is 0. The highest BCUT2D eigenvalue weighted by Crippen LogP contribution is 2.39. The van der Waals surface area contributed by atoms with Gasteiger partial charge in [-0.05, 0) is 58.4 Å². The Morgan fingerprint density at radius 1 is 1.00 bits per heavy atom. The molecule has 0 N–H and O–H groups in total. The van der Waals surface area contributed by atoms with Crippen molar-refractivity contribution in [1.82, 2.24) is 14.9 Å².